The van der Waals surface area contributed by atoms with Crippen LogP contribution in [-0.2, 0) is 11.5 Å². The lowest BCUT2D eigenvalue weighted by Crippen LogP contribution is -2.22. The first-order valence-electron chi connectivity index (χ1n) is 7.24. The summed E-state index contributed by atoms with van der Waals surface area (Å²) >= 11 is 2.29. The summed E-state index contributed by atoms with van der Waals surface area (Å²) in [5.41, 5.74) is 2.31. The molecule has 0 aliphatic rings. The molecular formula is C16H23IN2OSi. The molecular weight excluding hydrogens is 391 g/mol. The highest BCUT2D eigenvalue weighted by molar-refractivity contribution is 14.1. The van der Waals surface area contributed by atoms with Crippen molar-refractivity contribution in [2.24, 2.45) is 0 Å². The van der Waals surface area contributed by atoms with Gasteiger partial charge in [-0.05, 0) is 35.6 Å². The van der Waals surface area contributed by atoms with Gasteiger partial charge in [0.15, 0.2) is 0 Å². The summed E-state index contributed by atoms with van der Waals surface area (Å²) in [4.78, 5) is 4.69. The van der Waals surface area contributed by atoms with Crippen molar-refractivity contribution in [3.05, 3.63) is 39.7 Å². The van der Waals surface area contributed by atoms with Gasteiger partial charge < -0.3 is 9.30 Å². The molecule has 114 valence electrons. The van der Waals surface area contributed by atoms with E-state index in [1.807, 2.05) is 18.2 Å². The van der Waals surface area contributed by atoms with Crippen LogP contribution in [-0.4, -0.2) is 24.2 Å². The quantitative estimate of drug-likeness (QED) is 0.387. The molecule has 0 bridgehead atoms. The average molecular weight is 414 g/mol. The van der Waals surface area contributed by atoms with Crippen LogP contribution in [0.1, 0.15) is 5.69 Å². The van der Waals surface area contributed by atoms with Crippen molar-refractivity contribution in [1.82, 2.24) is 9.55 Å². The molecule has 1 aromatic carbocycles. The molecule has 0 atom stereocenters. The Morgan fingerprint density at radius 3 is 2.48 bits per heavy atom. The van der Waals surface area contributed by atoms with Gasteiger partial charge in [-0.2, -0.15) is 0 Å². The predicted molar refractivity (Wildman–Crippen MR) is 99.2 cm³/mol. The Bertz CT molecular complexity index is 590. The van der Waals surface area contributed by atoms with Crippen LogP contribution in [0, 0.1) is 10.6 Å². The molecule has 2 rings (SSSR count). The molecule has 0 aliphatic carbocycles. The lowest BCUT2D eigenvalue weighted by Gasteiger charge is -2.16. The maximum atomic E-state index is 5.91. The van der Waals surface area contributed by atoms with Crippen LogP contribution < -0.4 is 0 Å². The monoisotopic (exact) mass is 414 g/mol. The largest absolute Gasteiger partial charge is 0.361 e. The van der Waals surface area contributed by atoms with Crippen molar-refractivity contribution < 1.29 is 4.74 Å². The minimum atomic E-state index is -1.03. The Labute approximate surface area is 141 Å². The minimum absolute atomic E-state index is 0.580. The second kappa shape index (κ2) is 7.06. The van der Waals surface area contributed by atoms with Crippen molar-refractivity contribution in [1.29, 1.82) is 0 Å². The van der Waals surface area contributed by atoms with Crippen molar-refractivity contribution in [3.63, 3.8) is 0 Å². The number of rotatable bonds is 6. The van der Waals surface area contributed by atoms with E-state index in [1.54, 1.807) is 0 Å². The van der Waals surface area contributed by atoms with Crippen LogP contribution in [0.5, 0.6) is 0 Å². The van der Waals surface area contributed by atoms with Gasteiger partial charge >= 0.3 is 0 Å². The number of ether oxygens (including phenoxy) is 1. The molecule has 0 N–H and O–H groups in total. The molecule has 1 heterocycles. The number of aromatic nitrogens is 2. The van der Waals surface area contributed by atoms with Crippen molar-refractivity contribution in [2.45, 2.75) is 39.3 Å². The summed E-state index contributed by atoms with van der Waals surface area (Å²) in [6.07, 6.45) is 0. The first-order chi connectivity index (χ1) is 9.88. The molecule has 0 saturated carbocycles. The molecule has 0 saturated heterocycles. The van der Waals surface area contributed by atoms with Crippen LogP contribution in [0.4, 0.5) is 0 Å². The Hall–Kier alpha value is -0.663. The number of nitrogens with zero attached hydrogens (tertiary/aromatic N) is 2. The van der Waals surface area contributed by atoms with Gasteiger partial charge in [0.05, 0.1) is 5.69 Å². The standard InChI is InChI=1S/C16H23IN2OSi/c1-13-15(17)18-16(14-8-6-5-7-9-14)19(13)12-20-10-11-21(2,3)4/h5-9H,10-12H2,1-4H3. The van der Waals surface area contributed by atoms with Crippen LogP contribution in [0.25, 0.3) is 11.4 Å². The Kier molecular flexibility index (Phi) is 5.62. The number of benzene rings is 1. The fraction of sp³-hybridized carbons (Fsp3) is 0.438. The zero-order chi connectivity index (χ0) is 15.5. The summed E-state index contributed by atoms with van der Waals surface area (Å²) in [5.74, 6) is 0.991. The Morgan fingerprint density at radius 2 is 1.86 bits per heavy atom. The number of hydrogen-bond acceptors (Lipinski definition) is 2. The van der Waals surface area contributed by atoms with E-state index in [4.69, 9.17) is 4.74 Å². The minimum Gasteiger partial charge on any atom is -0.361 e. The van der Waals surface area contributed by atoms with E-state index in [1.165, 1.54) is 11.7 Å². The highest BCUT2D eigenvalue weighted by Gasteiger charge is 2.15. The van der Waals surface area contributed by atoms with Gasteiger partial charge in [0.2, 0.25) is 0 Å². The summed E-state index contributed by atoms with van der Waals surface area (Å²) in [7, 11) is -1.03. The number of halogens is 1. The average Bonchev–Trinajstić information content (AvgIpc) is 2.71. The molecule has 5 heteroatoms. The second-order valence-corrected chi connectivity index (χ2v) is 13.1. The molecule has 0 aliphatic heterocycles. The third-order valence-electron chi connectivity index (χ3n) is 3.41. The second-order valence-electron chi connectivity index (χ2n) is 6.45. The van der Waals surface area contributed by atoms with Gasteiger partial charge in [-0.3, -0.25) is 0 Å². The summed E-state index contributed by atoms with van der Waals surface area (Å²) in [6.45, 7) is 10.6. The van der Waals surface area contributed by atoms with Gasteiger partial charge in [-0.15, -0.1) is 0 Å². The first kappa shape index (κ1) is 16.7. The third-order valence-corrected chi connectivity index (χ3v) is 6.14. The fourth-order valence-electron chi connectivity index (χ4n) is 2.00. The van der Waals surface area contributed by atoms with E-state index in [-0.39, 0.29) is 0 Å². The summed E-state index contributed by atoms with van der Waals surface area (Å²) in [5, 5.41) is 0. The van der Waals surface area contributed by atoms with Gasteiger partial charge in [0, 0.05) is 20.2 Å². The fourth-order valence-corrected chi connectivity index (χ4v) is 3.28. The van der Waals surface area contributed by atoms with E-state index < -0.39 is 8.07 Å². The van der Waals surface area contributed by atoms with Crippen molar-refractivity contribution >= 4 is 30.7 Å². The van der Waals surface area contributed by atoms with E-state index in [2.05, 4.69) is 70.8 Å². The third kappa shape index (κ3) is 4.65. The summed E-state index contributed by atoms with van der Waals surface area (Å²) < 4.78 is 9.12. The lowest BCUT2D eigenvalue weighted by atomic mass is 10.2. The molecule has 0 spiro atoms. The van der Waals surface area contributed by atoms with Crippen molar-refractivity contribution in [3.8, 4) is 11.4 Å². The highest BCUT2D eigenvalue weighted by atomic mass is 127. The van der Waals surface area contributed by atoms with Gasteiger partial charge in [0.1, 0.15) is 16.3 Å². The molecule has 21 heavy (non-hydrogen) atoms. The van der Waals surface area contributed by atoms with E-state index in [9.17, 15) is 0 Å². The molecule has 0 radical (unpaired) electrons. The zero-order valence-electron chi connectivity index (χ0n) is 13.2. The van der Waals surface area contributed by atoms with Crippen LogP contribution in [0.3, 0.4) is 0 Å². The van der Waals surface area contributed by atoms with Crippen molar-refractivity contribution in [2.75, 3.05) is 6.61 Å². The molecule has 0 amide bonds. The molecule has 2 aromatic rings. The maximum Gasteiger partial charge on any atom is 0.143 e. The van der Waals surface area contributed by atoms with Crippen LogP contribution in [0.15, 0.2) is 30.3 Å². The smallest absolute Gasteiger partial charge is 0.143 e. The topological polar surface area (TPSA) is 27.1 Å². The Balaban J connectivity index is 2.12. The number of hydrogen-bond donors (Lipinski definition) is 0. The number of imidazole rings is 1. The zero-order valence-corrected chi connectivity index (χ0v) is 16.3. The maximum absolute atomic E-state index is 5.91. The van der Waals surface area contributed by atoms with Gasteiger partial charge in [0.25, 0.3) is 0 Å². The highest BCUT2D eigenvalue weighted by Crippen LogP contribution is 2.23. The normalized spacial score (nSPS) is 11.9. The molecule has 0 fully saturated rings. The Morgan fingerprint density at radius 1 is 1.19 bits per heavy atom. The SMILES string of the molecule is Cc1c(I)nc(-c2ccccc2)n1COCC[Si](C)(C)C. The van der Waals surface area contributed by atoms with E-state index in [0.29, 0.717) is 6.73 Å². The van der Waals surface area contributed by atoms with Crippen LogP contribution >= 0.6 is 22.6 Å². The molecule has 0 unspecified atom stereocenters. The first-order valence-corrected chi connectivity index (χ1v) is 12.0. The molecule has 1 aromatic heterocycles. The molecule has 3 nitrogen and oxygen atoms in total. The van der Waals surface area contributed by atoms with Crippen LogP contribution in [0.2, 0.25) is 25.7 Å². The van der Waals surface area contributed by atoms with Gasteiger partial charge in [-0.1, -0.05) is 50.0 Å². The van der Waals surface area contributed by atoms with Gasteiger partial charge in [-0.25, -0.2) is 4.98 Å². The summed E-state index contributed by atoms with van der Waals surface area (Å²) in [6, 6.07) is 11.5. The lowest BCUT2D eigenvalue weighted by molar-refractivity contribution is 0.0870. The van der Waals surface area contributed by atoms with E-state index in [0.717, 1.165) is 21.7 Å². The van der Waals surface area contributed by atoms with E-state index >= 15 is 0 Å². The predicted octanol–water partition coefficient (Wildman–Crippen LogP) is 4.78.